The molecule has 17 heavy (non-hydrogen) atoms. The number of ether oxygens (including phenoxy) is 1. The minimum absolute atomic E-state index is 0.155. The standard InChI is InChI=1S/C13H26N2O2/c1-5-14-12(13(16)17-4)9-15-7-6-10(2)8-11(15)3/h10-12,14H,5-9H2,1-4H3. The lowest BCUT2D eigenvalue weighted by Gasteiger charge is -2.38. The Bertz CT molecular complexity index is 246. The van der Waals surface area contributed by atoms with Gasteiger partial charge in [-0.3, -0.25) is 9.69 Å². The first-order valence-corrected chi connectivity index (χ1v) is 6.63. The lowest BCUT2D eigenvalue weighted by molar-refractivity contribution is -0.143. The van der Waals surface area contributed by atoms with Crippen LogP contribution in [0.25, 0.3) is 0 Å². The molecule has 0 aliphatic carbocycles. The highest BCUT2D eigenvalue weighted by Crippen LogP contribution is 2.22. The Morgan fingerprint density at radius 1 is 1.53 bits per heavy atom. The van der Waals surface area contributed by atoms with Crippen molar-refractivity contribution < 1.29 is 9.53 Å². The van der Waals surface area contributed by atoms with Crippen LogP contribution in [0, 0.1) is 5.92 Å². The fraction of sp³-hybridized carbons (Fsp3) is 0.923. The second-order valence-electron chi connectivity index (χ2n) is 5.11. The second kappa shape index (κ2) is 6.97. The van der Waals surface area contributed by atoms with Crippen molar-refractivity contribution in [3.05, 3.63) is 0 Å². The van der Waals surface area contributed by atoms with Gasteiger partial charge in [-0.25, -0.2) is 0 Å². The Kier molecular flexibility index (Phi) is 5.92. The number of nitrogens with one attached hydrogen (secondary N) is 1. The first kappa shape index (κ1) is 14.5. The molecule has 1 aliphatic heterocycles. The summed E-state index contributed by atoms with van der Waals surface area (Å²) in [6, 6.07) is 0.366. The van der Waals surface area contributed by atoms with Crippen LogP contribution in [0.5, 0.6) is 0 Å². The van der Waals surface area contributed by atoms with Crippen molar-refractivity contribution in [2.75, 3.05) is 26.7 Å². The monoisotopic (exact) mass is 242 g/mol. The van der Waals surface area contributed by atoms with Gasteiger partial charge < -0.3 is 10.1 Å². The van der Waals surface area contributed by atoms with E-state index in [1.807, 2.05) is 6.92 Å². The number of likely N-dealkylation sites (tertiary alicyclic amines) is 1. The summed E-state index contributed by atoms with van der Waals surface area (Å²) < 4.78 is 4.83. The van der Waals surface area contributed by atoms with Gasteiger partial charge in [0.15, 0.2) is 0 Å². The van der Waals surface area contributed by atoms with E-state index in [-0.39, 0.29) is 12.0 Å². The third-order valence-electron chi connectivity index (χ3n) is 3.63. The summed E-state index contributed by atoms with van der Waals surface area (Å²) in [5, 5.41) is 3.20. The Morgan fingerprint density at radius 3 is 2.76 bits per heavy atom. The van der Waals surface area contributed by atoms with Gasteiger partial charge in [-0.2, -0.15) is 0 Å². The fourth-order valence-electron chi connectivity index (χ4n) is 2.57. The summed E-state index contributed by atoms with van der Waals surface area (Å²) in [6.07, 6.45) is 2.45. The smallest absolute Gasteiger partial charge is 0.324 e. The number of methoxy groups -OCH3 is 1. The minimum atomic E-state index is -0.194. The SMILES string of the molecule is CCNC(CN1CCC(C)CC1C)C(=O)OC. The van der Waals surface area contributed by atoms with Crippen molar-refractivity contribution in [3.63, 3.8) is 0 Å². The Hall–Kier alpha value is -0.610. The quantitative estimate of drug-likeness (QED) is 0.737. The van der Waals surface area contributed by atoms with Crippen LogP contribution in [0.1, 0.15) is 33.6 Å². The van der Waals surface area contributed by atoms with Crippen LogP contribution in [0.3, 0.4) is 0 Å². The van der Waals surface area contributed by atoms with Crippen molar-refractivity contribution in [1.82, 2.24) is 10.2 Å². The molecule has 0 radical (unpaired) electrons. The van der Waals surface area contributed by atoms with Gasteiger partial charge in [0.25, 0.3) is 0 Å². The summed E-state index contributed by atoms with van der Waals surface area (Å²) in [5.74, 6) is 0.648. The van der Waals surface area contributed by atoms with Crippen LogP contribution in [0.15, 0.2) is 0 Å². The predicted octanol–water partition coefficient (Wildman–Crippen LogP) is 1.26. The van der Waals surface area contributed by atoms with Crippen molar-refractivity contribution in [2.24, 2.45) is 5.92 Å². The average molecular weight is 242 g/mol. The maximum absolute atomic E-state index is 11.6. The molecule has 0 aromatic rings. The number of likely N-dealkylation sites (N-methyl/N-ethyl adjacent to an activating group) is 1. The van der Waals surface area contributed by atoms with Crippen LogP contribution in [0.2, 0.25) is 0 Å². The van der Waals surface area contributed by atoms with E-state index in [0.717, 1.165) is 25.6 Å². The van der Waals surface area contributed by atoms with Gasteiger partial charge in [0.1, 0.15) is 6.04 Å². The Balaban J connectivity index is 2.51. The molecule has 1 heterocycles. The molecular formula is C13H26N2O2. The molecular weight excluding hydrogens is 216 g/mol. The number of hydrogen-bond acceptors (Lipinski definition) is 4. The van der Waals surface area contributed by atoms with E-state index in [9.17, 15) is 4.79 Å². The van der Waals surface area contributed by atoms with Crippen molar-refractivity contribution in [3.8, 4) is 0 Å². The number of carbonyl (C=O) groups excluding carboxylic acids is 1. The van der Waals surface area contributed by atoms with E-state index < -0.39 is 0 Å². The van der Waals surface area contributed by atoms with Crippen LogP contribution in [0.4, 0.5) is 0 Å². The van der Waals surface area contributed by atoms with Crippen LogP contribution < -0.4 is 5.32 Å². The van der Waals surface area contributed by atoms with Crippen LogP contribution >= 0.6 is 0 Å². The highest BCUT2D eigenvalue weighted by molar-refractivity contribution is 5.75. The second-order valence-corrected chi connectivity index (χ2v) is 5.11. The number of rotatable bonds is 5. The molecule has 1 N–H and O–H groups in total. The first-order chi connectivity index (χ1) is 8.08. The zero-order chi connectivity index (χ0) is 12.8. The minimum Gasteiger partial charge on any atom is -0.468 e. The molecule has 3 unspecified atom stereocenters. The van der Waals surface area contributed by atoms with Gasteiger partial charge in [0, 0.05) is 12.6 Å². The zero-order valence-electron chi connectivity index (χ0n) is 11.5. The molecule has 4 nitrogen and oxygen atoms in total. The molecule has 1 fully saturated rings. The number of carbonyl (C=O) groups is 1. The van der Waals surface area contributed by atoms with Gasteiger partial charge in [0.2, 0.25) is 0 Å². The van der Waals surface area contributed by atoms with E-state index in [2.05, 4.69) is 24.1 Å². The summed E-state index contributed by atoms with van der Waals surface area (Å²) in [4.78, 5) is 14.0. The van der Waals surface area contributed by atoms with Gasteiger partial charge in [-0.15, -0.1) is 0 Å². The van der Waals surface area contributed by atoms with E-state index >= 15 is 0 Å². The van der Waals surface area contributed by atoms with Crippen molar-refractivity contribution in [1.29, 1.82) is 0 Å². The third-order valence-corrected chi connectivity index (χ3v) is 3.63. The number of nitrogens with zero attached hydrogens (tertiary/aromatic N) is 1. The van der Waals surface area contributed by atoms with E-state index in [1.165, 1.54) is 20.0 Å². The zero-order valence-corrected chi connectivity index (χ0v) is 11.5. The summed E-state index contributed by atoms with van der Waals surface area (Å²) >= 11 is 0. The molecule has 1 saturated heterocycles. The fourth-order valence-corrected chi connectivity index (χ4v) is 2.57. The number of piperidine rings is 1. The Morgan fingerprint density at radius 2 is 2.24 bits per heavy atom. The molecule has 0 aromatic carbocycles. The van der Waals surface area contributed by atoms with Crippen LogP contribution in [-0.2, 0) is 9.53 Å². The first-order valence-electron chi connectivity index (χ1n) is 6.63. The molecule has 0 amide bonds. The van der Waals surface area contributed by atoms with Gasteiger partial charge in [0.05, 0.1) is 7.11 Å². The lowest BCUT2D eigenvalue weighted by Crippen LogP contribution is -2.51. The molecule has 1 aliphatic rings. The molecule has 1 rings (SSSR count). The summed E-state index contributed by atoms with van der Waals surface area (Å²) in [7, 11) is 1.45. The average Bonchev–Trinajstić information content (AvgIpc) is 2.30. The molecule has 0 saturated carbocycles. The maximum atomic E-state index is 11.6. The normalized spacial score (nSPS) is 27.8. The van der Waals surface area contributed by atoms with E-state index in [4.69, 9.17) is 4.74 Å². The summed E-state index contributed by atoms with van der Waals surface area (Å²) in [5.41, 5.74) is 0. The van der Waals surface area contributed by atoms with Gasteiger partial charge >= 0.3 is 5.97 Å². The third kappa shape index (κ3) is 4.28. The largest absolute Gasteiger partial charge is 0.468 e. The molecule has 4 heteroatoms. The highest BCUT2D eigenvalue weighted by Gasteiger charge is 2.27. The van der Waals surface area contributed by atoms with E-state index in [0.29, 0.717) is 6.04 Å². The number of hydrogen-bond donors (Lipinski definition) is 1. The predicted molar refractivity (Wildman–Crippen MR) is 68.9 cm³/mol. The number of esters is 1. The van der Waals surface area contributed by atoms with Crippen LogP contribution in [-0.4, -0.2) is 49.7 Å². The van der Waals surface area contributed by atoms with E-state index in [1.54, 1.807) is 0 Å². The van der Waals surface area contributed by atoms with Gasteiger partial charge in [-0.05, 0) is 38.8 Å². The Labute approximate surface area is 105 Å². The molecule has 0 spiro atoms. The maximum Gasteiger partial charge on any atom is 0.324 e. The molecule has 0 bridgehead atoms. The molecule has 3 atom stereocenters. The van der Waals surface area contributed by atoms with Crippen molar-refractivity contribution in [2.45, 2.75) is 45.7 Å². The summed E-state index contributed by atoms with van der Waals surface area (Å²) in [6.45, 7) is 9.19. The lowest BCUT2D eigenvalue weighted by atomic mass is 9.93. The van der Waals surface area contributed by atoms with Gasteiger partial charge in [-0.1, -0.05) is 13.8 Å². The van der Waals surface area contributed by atoms with Crippen molar-refractivity contribution >= 4 is 5.97 Å². The molecule has 100 valence electrons. The highest BCUT2D eigenvalue weighted by atomic mass is 16.5. The molecule has 0 aromatic heterocycles. The topological polar surface area (TPSA) is 41.6 Å².